The molecule has 0 spiro atoms. The van der Waals surface area contributed by atoms with Crippen LogP contribution < -0.4 is 5.32 Å². The third kappa shape index (κ3) is 7.89. The number of thioether (sulfide) groups is 1. The van der Waals surface area contributed by atoms with Gasteiger partial charge in [-0.05, 0) is 36.1 Å². The summed E-state index contributed by atoms with van der Waals surface area (Å²) in [7, 11) is 0. The van der Waals surface area contributed by atoms with Crippen LogP contribution in [0.2, 0.25) is 0 Å². The maximum Gasteiger partial charge on any atom is 0.242 e. The third-order valence-electron chi connectivity index (χ3n) is 4.46. The molecular weight excluding hydrogens is 387 g/mol. The molecule has 0 heterocycles. The Hall–Kier alpha value is -2.34. The Morgan fingerprint density at radius 3 is 2.28 bits per heavy atom. The van der Waals surface area contributed by atoms with Gasteiger partial charge >= 0.3 is 0 Å². The van der Waals surface area contributed by atoms with E-state index in [1.165, 1.54) is 23.9 Å². The quantitative estimate of drug-likeness (QED) is 0.630. The molecule has 0 unspecified atom stereocenters. The number of hydrogen-bond acceptors (Lipinski definition) is 3. The van der Waals surface area contributed by atoms with E-state index in [0.717, 1.165) is 11.1 Å². The summed E-state index contributed by atoms with van der Waals surface area (Å²) in [5.41, 5.74) is 1.94. The molecule has 2 aromatic carbocycles. The molecule has 2 amide bonds. The van der Waals surface area contributed by atoms with Crippen LogP contribution in [0.15, 0.2) is 54.6 Å². The zero-order chi connectivity index (χ0) is 21.2. The summed E-state index contributed by atoms with van der Waals surface area (Å²) < 4.78 is 13.0. The van der Waals surface area contributed by atoms with E-state index in [2.05, 4.69) is 5.32 Å². The molecule has 29 heavy (non-hydrogen) atoms. The van der Waals surface area contributed by atoms with Crippen molar-refractivity contribution in [1.82, 2.24) is 10.2 Å². The number of rotatable bonds is 10. The molecule has 0 saturated heterocycles. The summed E-state index contributed by atoms with van der Waals surface area (Å²) in [6, 6.07) is 15.4. The van der Waals surface area contributed by atoms with Crippen LogP contribution >= 0.6 is 11.8 Å². The molecule has 0 fully saturated rings. The van der Waals surface area contributed by atoms with Crippen LogP contribution in [0.5, 0.6) is 0 Å². The van der Waals surface area contributed by atoms with Gasteiger partial charge in [0.15, 0.2) is 0 Å². The van der Waals surface area contributed by atoms with E-state index in [0.29, 0.717) is 24.8 Å². The van der Waals surface area contributed by atoms with Gasteiger partial charge in [0.05, 0.1) is 5.75 Å². The van der Waals surface area contributed by atoms with Gasteiger partial charge in [-0.25, -0.2) is 4.39 Å². The van der Waals surface area contributed by atoms with E-state index < -0.39 is 6.04 Å². The molecule has 1 atom stereocenters. The highest BCUT2D eigenvalue weighted by molar-refractivity contribution is 7.99. The Kier molecular flexibility index (Phi) is 9.19. The van der Waals surface area contributed by atoms with Gasteiger partial charge in [0.2, 0.25) is 11.8 Å². The topological polar surface area (TPSA) is 49.4 Å². The Bertz CT molecular complexity index is 781. The lowest BCUT2D eigenvalue weighted by molar-refractivity contribution is -0.138. The molecule has 0 aliphatic rings. The number of hydrogen-bond donors (Lipinski definition) is 1. The van der Waals surface area contributed by atoms with E-state index in [4.69, 9.17) is 0 Å². The molecule has 2 aromatic rings. The van der Waals surface area contributed by atoms with Crippen molar-refractivity contribution in [2.45, 2.75) is 39.1 Å². The van der Waals surface area contributed by atoms with Crippen molar-refractivity contribution in [1.29, 1.82) is 0 Å². The van der Waals surface area contributed by atoms with Crippen molar-refractivity contribution in [3.63, 3.8) is 0 Å². The van der Waals surface area contributed by atoms with Crippen LogP contribution in [0.3, 0.4) is 0 Å². The summed E-state index contributed by atoms with van der Waals surface area (Å²) in [4.78, 5) is 27.1. The maximum atomic E-state index is 13.0. The first-order valence-electron chi connectivity index (χ1n) is 9.80. The average molecular weight is 417 g/mol. The van der Waals surface area contributed by atoms with E-state index in [1.807, 2.05) is 44.2 Å². The van der Waals surface area contributed by atoms with Gasteiger partial charge in [-0.1, -0.05) is 56.3 Å². The Morgan fingerprint density at radius 2 is 1.66 bits per heavy atom. The Labute approximate surface area is 176 Å². The first-order chi connectivity index (χ1) is 13.9. The van der Waals surface area contributed by atoms with Crippen LogP contribution in [0.4, 0.5) is 4.39 Å². The van der Waals surface area contributed by atoms with Gasteiger partial charge in [-0.15, -0.1) is 11.8 Å². The minimum Gasteiger partial charge on any atom is -0.354 e. The van der Waals surface area contributed by atoms with E-state index in [-0.39, 0.29) is 23.4 Å². The summed E-state index contributed by atoms with van der Waals surface area (Å²) >= 11 is 1.46. The van der Waals surface area contributed by atoms with Crippen LogP contribution in [-0.2, 0) is 21.9 Å². The molecule has 0 aliphatic heterocycles. The van der Waals surface area contributed by atoms with Gasteiger partial charge < -0.3 is 10.2 Å². The molecule has 156 valence electrons. The molecule has 0 bridgehead atoms. The Morgan fingerprint density at radius 1 is 1.00 bits per heavy atom. The SMILES string of the molecule is CC(C)CNC(=O)[C@H](C)N(Cc1ccccc1)C(=O)CSCc1ccc(F)cc1. The second kappa shape index (κ2) is 11.6. The van der Waals surface area contributed by atoms with Crippen molar-refractivity contribution in [3.05, 3.63) is 71.5 Å². The lowest BCUT2D eigenvalue weighted by atomic mass is 10.1. The standard InChI is InChI=1S/C23H29FN2O2S/c1-17(2)13-25-23(28)18(3)26(14-19-7-5-4-6-8-19)22(27)16-29-15-20-9-11-21(24)12-10-20/h4-12,17-18H,13-16H2,1-3H3,(H,25,28)/t18-/m0/s1. The van der Waals surface area contributed by atoms with Gasteiger partial charge in [-0.2, -0.15) is 0 Å². The van der Waals surface area contributed by atoms with Crippen LogP contribution in [0, 0.1) is 11.7 Å². The lowest BCUT2D eigenvalue weighted by Crippen LogP contribution is -2.48. The van der Waals surface area contributed by atoms with Gasteiger partial charge in [0.1, 0.15) is 11.9 Å². The predicted molar refractivity (Wildman–Crippen MR) is 117 cm³/mol. The molecule has 0 saturated carbocycles. The highest BCUT2D eigenvalue weighted by atomic mass is 32.2. The molecular formula is C23H29FN2O2S. The smallest absolute Gasteiger partial charge is 0.242 e. The second-order valence-electron chi connectivity index (χ2n) is 7.44. The number of nitrogens with zero attached hydrogens (tertiary/aromatic N) is 1. The van der Waals surface area contributed by atoms with Crippen LogP contribution in [0.1, 0.15) is 31.9 Å². The fourth-order valence-electron chi connectivity index (χ4n) is 2.73. The van der Waals surface area contributed by atoms with Crippen molar-refractivity contribution in [2.24, 2.45) is 5.92 Å². The Balaban J connectivity index is 2.01. The molecule has 2 rings (SSSR count). The minimum atomic E-state index is -0.562. The summed E-state index contributed by atoms with van der Waals surface area (Å²) in [6.07, 6.45) is 0. The molecule has 4 nitrogen and oxygen atoms in total. The number of amides is 2. The number of carbonyl (C=O) groups excluding carboxylic acids is 2. The zero-order valence-corrected chi connectivity index (χ0v) is 18.0. The average Bonchev–Trinajstić information content (AvgIpc) is 2.71. The number of carbonyl (C=O) groups is 2. The van der Waals surface area contributed by atoms with Crippen molar-refractivity contribution in [2.75, 3.05) is 12.3 Å². The van der Waals surface area contributed by atoms with Crippen molar-refractivity contribution >= 4 is 23.6 Å². The van der Waals surface area contributed by atoms with Gasteiger partial charge in [-0.3, -0.25) is 9.59 Å². The summed E-state index contributed by atoms with van der Waals surface area (Å²) in [5.74, 6) is 0.700. The maximum absolute atomic E-state index is 13.0. The number of benzene rings is 2. The van der Waals surface area contributed by atoms with Gasteiger partial charge in [0.25, 0.3) is 0 Å². The highest BCUT2D eigenvalue weighted by Crippen LogP contribution is 2.16. The van der Waals surface area contributed by atoms with E-state index in [1.54, 1.807) is 24.0 Å². The predicted octanol–water partition coefficient (Wildman–Crippen LogP) is 4.25. The normalized spacial score (nSPS) is 11.9. The molecule has 0 aromatic heterocycles. The molecule has 1 N–H and O–H groups in total. The van der Waals surface area contributed by atoms with E-state index >= 15 is 0 Å². The zero-order valence-electron chi connectivity index (χ0n) is 17.2. The monoisotopic (exact) mass is 416 g/mol. The van der Waals surface area contributed by atoms with Gasteiger partial charge in [0, 0.05) is 18.8 Å². The van der Waals surface area contributed by atoms with Crippen LogP contribution in [-0.4, -0.2) is 35.1 Å². The van der Waals surface area contributed by atoms with E-state index in [9.17, 15) is 14.0 Å². The molecule has 0 radical (unpaired) electrons. The fourth-order valence-corrected chi connectivity index (χ4v) is 3.61. The minimum absolute atomic E-state index is 0.0897. The summed E-state index contributed by atoms with van der Waals surface area (Å²) in [6.45, 7) is 6.79. The number of halogens is 1. The van der Waals surface area contributed by atoms with Crippen LogP contribution in [0.25, 0.3) is 0 Å². The third-order valence-corrected chi connectivity index (χ3v) is 5.44. The second-order valence-corrected chi connectivity index (χ2v) is 8.43. The lowest BCUT2D eigenvalue weighted by Gasteiger charge is -2.29. The van der Waals surface area contributed by atoms with Crippen molar-refractivity contribution in [3.8, 4) is 0 Å². The number of nitrogens with one attached hydrogen (secondary N) is 1. The summed E-state index contributed by atoms with van der Waals surface area (Å²) in [5, 5.41) is 2.92. The highest BCUT2D eigenvalue weighted by Gasteiger charge is 2.26. The largest absolute Gasteiger partial charge is 0.354 e. The first-order valence-corrected chi connectivity index (χ1v) is 11.0. The molecule has 0 aliphatic carbocycles. The first kappa shape index (κ1) is 22.9. The molecule has 6 heteroatoms. The van der Waals surface area contributed by atoms with Crippen molar-refractivity contribution < 1.29 is 14.0 Å². The fraction of sp³-hybridized carbons (Fsp3) is 0.391.